The van der Waals surface area contributed by atoms with Gasteiger partial charge in [-0.3, -0.25) is 9.59 Å². The highest BCUT2D eigenvalue weighted by atomic mass is 35.5. The van der Waals surface area contributed by atoms with E-state index in [2.05, 4.69) is 5.32 Å². The van der Waals surface area contributed by atoms with Crippen LogP contribution in [0.1, 0.15) is 17.5 Å². The number of anilines is 2. The molecule has 1 atom stereocenters. The standard InChI is InChI=1S/C19H18Cl2N2O2/c1-11-6-7-16(12(2)8-11)23-10-13(9-17(23)24)19(25)22-15-5-3-4-14(20)18(15)21/h3-8,13H,9-10H2,1-2H3,(H,22,25)/t13-/m0/s1. The van der Waals surface area contributed by atoms with Crippen molar-refractivity contribution in [2.24, 2.45) is 5.92 Å². The molecule has 2 aromatic carbocycles. The number of rotatable bonds is 3. The Morgan fingerprint density at radius 3 is 2.68 bits per heavy atom. The Morgan fingerprint density at radius 2 is 1.96 bits per heavy atom. The zero-order valence-corrected chi connectivity index (χ0v) is 15.5. The van der Waals surface area contributed by atoms with Gasteiger partial charge < -0.3 is 10.2 Å². The van der Waals surface area contributed by atoms with Crippen LogP contribution in [0.5, 0.6) is 0 Å². The summed E-state index contributed by atoms with van der Waals surface area (Å²) in [5, 5.41) is 3.45. The molecular formula is C19H18Cl2N2O2. The summed E-state index contributed by atoms with van der Waals surface area (Å²) in [5.41, 5.74) is 3.47. The molecule has 0 aromatic heterocycles. The van der Waals surface area contributed by atoms with Crippen molar-refractivity contribution in [3.05, 3.63) is 57.6 Å². The molecule has 2 aromatic rings. The molecule has 1 aliphatic heterocycles. The molecule has 3 rings (SSSR count). The van der Waals surface area contributed by atoms with E-state index in [4.69, 9.17) is 23.2 Å². The van der Waals surface area contributed by atoms with Gasteiger partial charge in [0.1, 0.15) is 0 Å². The van der Waals surface area contributed by atoms with Crippen molar-refractivity contribution < 1.29 is 9.59 Å². The zero-order valence-electron chi connectivity index (χ0n) is 14.0. The molecule has 1 saturated heterocycles. The normalized spacial score (nSPS) is 17.0. The summed E-state index contributed by atoms with van der Waals surface area (Å²) < 4.78 is 0. The molecule has 130 valence electrons. The first-order chi connectivity index (χ1) is 11.9. The van der Waals surface area contributed by atoms with Gasteiger partial charge in [0.2, 0.25) is 11.8 Å². The van der Waals surface area contributed by atoms with Gasteiger partial charge in [-0.25, -0.2) is 0 Å². The first kappa shape index (κ1) is 17.8. The Balaban J connectivity index is 1.75. The van der Waals surface area contributed by atoms with Crippen LogP contribution in [0.15, 0.2) is 36.4 Å². The van der Waals surface area contributed by atoms with E-state index < -0.39 is 5.92 Å². The van der Waals surface area contributed by atoms with E-state index in [0.29, 0.717) is 22.3 Å². The van der Waals surface area contributed by atoms with Crippen LogP contribution in [0.3, 0.4) is 0 Å². The number of amides is 2. The maximum atomic E-state index is 12.5. The van der Waals surface area contributed by atoms with E-state index in [9.17, 15) is 9.59 Å². The van der Waals surface area contributed by atoms with Crippen molar-refractivity contribution >= 4 is 46.4 Å². The van der Waals surface area contributed by atoms with Gasteiger partial charge in [0, 0.05) is 18.7 Å². The molecule has 0 bridgehead atoms. The van der Waals surface area contributed by atoms with E-state index in [0.717, 1.165) is 16.8 Å². The number of carbonyl (C=O) groups excluding carboxylic acids is 2. The number of hydrogen-bond acceptors (Lipinski definition) is 2. The predicted octanol–water partition coefficient (Wildman–Crippen LogP) is 4.60. The summed E-state index contributed by atoms with van der Waals surface area (Å²) in [6, 6.07) is 11.0. The van der Waals surface area contributed by atoms with Crippen LogP contribution in [0.2, 0.25) is 10.0 Å². The Labute approximate surface area is 156 Å². The molecular weight excluding hydrogens is 359 g/mol. The molecule has 4 nitrogen and oxygen atoms in total. The fourth-order valence-corrected chi connectivity index (χ4v) is 3.41. The van der Waals surface area contributed by atoms with E-state index in [1.54, 1.807) is 23.1 Å². The molecule has 0 unspecified atom stereocenters. The minimum absolute atomic E-state index is 0.0516. The fourth-order valence-electron chi connectivity index (χ4n) is 3.06. The molecule has 6 heteroatoms. The Morgan fingerprint density at radius 1 is 1.20 bits per heavy atom. The summed E-state index contributed by atoms with van der Waals surface area (Å²) in [7, 11) is 0. The third kappa shape index (κ3) is 3.65. The average molecular weight is 377 g/mol. The lowest BCUT2D eigenvalue weighted by Crippen LogP contribution is -2.28. The minimum Gasteiger partial charge on any atom is -0.324 e. The quantitative estimate of drug-likeness (QED) is 0.850. The number of nitrogens with zero attached hydrogens (tertiary/aromatic N) is 1. The van der Waals surface area contributed by atoms with E-state index in [1.165, 1.54) is 0 Å². The Kier molecular flexibility index (Phi) is 5.02. The van der Waals surface area contributed by atoms with Crippen LogP contribution in [0, 0.1) is 19.8 Å². The number of benzene rings is 2. The molecule has 2 amide bonds. The maximum absolute atomic E-state index is 12.5. The molecule has 0 saturated carbocycles. The molecule has 0 radical (unpaired) electrons. The molecule has 0 spiro atoms. The maximum Gasteiger partial charge on any atom is 0.229 e. The van der Waals surface area contributed by atoms with Crippen molar-refractivity contribution in [2.45, 2.75) is 20.3 Å². The first-order valence-electron chi connectivity index (χ1n) is 7.99. The van der Waals surface area contributed by atoms with Gasteiger partial charge >= 0.3 is 0 Å². The van der Waals surface area contributed by atoms with Crippen LogP contribution in [-0.4, -0.2) is 18.4 Å². The van der Waals surface area contributed by atoms with E-state index in [-0.39, 0.29) is 18.2 Å². The SMILES string of the molecule is Cc1ccc(N2C[C@@H](C(=O)Nc3cccc(Cl)c3Cl)CC2=O)c(C)c1. The highest BCUT2D eigenvalue weighted by molar-refractivity contribution is 6.44. The molecule has 1 fully saturated rings. The monoisotopic (exact) mass is 376 g/mol. The summed E-state index contributed by atoms with van der Waals surface area (Å²) in [4.78, 5) is 26.6. The largest absolute Gasteiger partial charge is 0.324 e. The lowest BCUT2D eigenvalue weighted by molar-refractivity contribution is -0.122. The summed E-state index contributed by atoms with van der Waals surface area (Å²) >= 11 is 12.1. The van der Waals surface area contributed by atoms with E-state index in [1.807, 2.05) is 32.0 Å². The van der Waals surface area contributed by atoms with Crippen LogP contribution >= 0.6 is 23.2 Å². The van der Waals surface area contributed by atoms with Gasteiger partial charge in [-0.1, -0.05) is 47.0 Å². The van der Waals surface area contributed by atoms with Gasteiger partial charge in [-0.2, -0.15) is 0 Å². The molecule has 25 heavy (non-hydrogen) atoms. The van der Waals surface area contributed by atoms with Gasteiger partial charge in [0.25, 0.3) is 0 Å². The molecule has 1 aliphatic rings. The molecule has 0 aliphatic carbocycles. The van der Waals surface area contributed by atoms with Crippen molar-refractivity contribution in [1.29, 1.82) is 0 Å². The van der Waals surface area contributed by atoms with E-state index >= 15 is 0 Å². The highest BCUT2D eigenvalue weighted by Gasteiger charge is 2.35. The number of halogens is 2. The minimum atomic E-state index is -0.428. The molecule has 1 N–H and O–H groups in total. The third-order valence-electron chi connectivity index (χ3n) is 4.35. The smallest absolute Gasteiger partial charge is 0.229 e. The number of hydrogen-bond donors (Lipinski definition) is 1. The van der Waals surface area contributed by atoms with Crippen molar-refractivity contribution in [2.75, 3.05) is 16.8 Å². The first-order valence-corrected chi connectivity index (χ1v) is 8.75. The average Bonchev–Trinajstić information content (AvgIpc) is 2.94. The lowest BCUT2D eigenvalue weighted by Gasteiger charge is -2.19. The summed E-state index contributed by atoms with van der Waals surface area (Å²) in [6.45, 7) is 4.33. The predicted molar refractivity (Wildman–Crippen MR) is 101 cm³/mol. The van der Waals surface area contributed by atoms with Gasteiger partial charge in [-0.15, -0.1) is 0 Å². The van der Waals surface area contributed by atoms with Crippen LogP contribution in [0.4, 0.5) is 11.4 Å². The van der Waals surface area contributed by atoms with Crippen molar-refractivity contribution in [3.63, 3.8) is 0 Å². The van der Waals surface area contributed by atoms with Gasteiger partial charge in [0.05, 0.1) is 21.7 Å². The van der Waals surface area contributed by atoms with Crippen LogP contribution in [-0.2, 0) is 9.59 Å². The number of nitrogens with one attached hydrogen (secondary N) is 1. The topological polar surface area (TPSA) is 49.4 Å². The second kappa shape index (κ2) is 7.06. The molecule has 1 heterocycles. The zero-order chi connectivity index (χ0) is 18.1. The second-order valence-electron chi connectivity index (χ2n) is 6.29. The van der Waals surface area contributed by atoms with Crippen molar-refractivity contribution in [1.82, 2.24) is 0 Å². The van der Waals surface area contributed by atoms with Crippen LogP contribution < -0.4 is 10.2 Å². The second-order valence-corrected chi connectivity index (χ2v) is 7.07. The van der Waals surface area contributed by atoms with Crippen molar-refractivity contribution in [3.8, 4) is 0 Å². The Hall–Kier alpha value is -2.04. The summed E-state index contributed by atoms with van der Waals surface area (Å²) in [6.07, 6.45) is 0.178. The number of carbonyl (C=O) groups is 2. The fraction of sp³-hybridized carbons (Fsp3) is 0.263. The number of aryl methyl sites for hydroxylation is 2. The lowest BCUT2D eigenvalue weighted by atomic mass is 10.1. The van der Waals surface area contributed by atoms with Gasteiger partial charge in [-0.05, 0) is 37.6 Å². The van der Waals surface area contributed by atoms with Crippen LogP contribution in [0.25, 0.3) is 0 Å². The summed E-state index contributed by atoms with van der Waals surface area (Å²) in [5.74, 6) is -0.711. The Bertz CT molecular complexity index is 851. The highest BCUT2D eigenvalue weighted by Crippen LogP contribution is 2.32. The third-order valence-corrected chi connectivity index (χ3v) is 5.17. The van der Waals surface area contributed by atoms with Gasteiger partial charge in [0.15, 0.2) is 0 Å².